The summed E-state index contributed by atoms with van der Waals surface area (Å²) < 4.78 is 39.7. The van der Waals surface area contributed by atoms with Gasteiger partial charge in [-0.05, 0) is 139 Å². The van der Waals surface area contributed by atoms with Crippen LogP contribution < -0.4 is 68.2 Å². The summed E-state index contributed by atoms with van der Waals surface area (Å²) in [6.07, 6.45) is -18.0. The number of carboxylic acids is 1. The van der Waals surface area contributed by atoms with Gasteiger partial charge in [0.1, 0.15) is 89.5 Å². The number of benzene rings is 7. The molecule has 18 atom stereocenters. The number of amides is 7. The van der Waals surface area contributed by atoms with Crippen LogP contribution in [0.15, 0.2) is 127 Å². The summed E-state index contributed by atoms with van der Waals surface area (Å²) in [6.45, 7) is 6.70. The highest BCUT2D eigenvalue weighted by molar-refractivity contribution is 6.32. The lowest BCUT2D eigenvalue weighted by atomic mass is 9.84. The van der Waals surface area contributed by atoms with Crippen molar-refractivity contribution in [3.8, 4) is 68.2 Å². The van der Waals surface area contributed by atoms with E-state index in [-0.39, 0.29) is 58.5 Å². The lowest BCUT2D eigenvalue weighted by Crippen LogP contribution is -2.65. The topological polar surface area (TPSA) is 522 Å². The number of hydrogen-bond acceptors (Lipinski definition) is 25. The lowest BCUT2D eigenvalue weighted by molar-refractivity contribution is -0.331. The van der Waals surface area contributed by atoms with Crippen molar-refractivity contribution in [2.24, 2.45) is 17.4 Å². The predicted molar refractivity (Wildman–Crippen MR) is 411 cm³/mol. The molecule has 0 unspecified atom stereocenters. The Labute approximate surface area is 671 Å². The van der Waals surface area contributed by atoms with Crippen LogP contribution in [-0.2, 0) is 59.1 Å². The van der Waals surface area contributed by atoms with E-state index in [2.05, 4.69) is 42.5 Å². The van der Waals surface area contributed by atoms with Gasteiger partial charge in [0.25, 0.3) is 0 Å². The van der Waals surface area contributed by atoms with Gasteiger partial charge in [0.15, 0.2) is 29.9 Å². The van der Waals surface area contributed by atoms with E-state index < -0.39 is 231 Å². The van der Waals surface area contributed by atoms with Crippen LogP contribution in [0.5, 0.6) is 46.0 Å². The molecule has 7 amide bonds. The number of phenolic OH excluding ortho intramolecular Hbond substituents is 3. The number of aromatic hydroxyl groups is 3. The fourth-order valence-electron chi connectivity index (χ4n) is 14.4. The van der Waals surface area contributed by atoms with Gasteiger partial charge in [-0.2, -0.15) is 0 Å². The van der Waals surface area contributed by atoms with Crippen LogP contribution in [0.25, 0.3) is 22.3 Å². The van der Waals surface area contributed by atoms with Crippen LogP contribution in [0.4, 0.5) is 0 Å². The number of carbonyl (C=O) groups is 8. The average Bonchev–Trinajstić information content (AvgIpc) is 0.764. The number of nitrogens with two attached hydrogens (primary N) is 2. The third-order valence-corrected chi connectivity index (χ3v) is 21.5. The maximum atomic E-state index is 16.2. The number of aliphatic hydroxyl groups excluding tert-OH is 5. The summed E-state index contributed by atoms with van der Waals surface area (Å²) in [6, 6.07) is 14.6. The highest BCUT2D eigenvalue weighted by atomic mass is 35.5. The second-order valence-corrected chi connectivity index (χ2v) is 30.5. The summed E-state index contributed by atoms with van der Waals surface area (Å²) >= 11 is 20.5. The molecule has 21 N–H and O–H groups in total. The van der Waals surface area contributed by atoms with Gasteiger partial charge >= 0.3 is 5.97 Å². The number of halogens is 3. The standard InChI is InChI=1S/C79H85Cl3N10O23/c1-32(2)20-47(85-5)71(102)91-62-64(97)38-13-18-51(45(81)22-38)111-53-24-40-25-54(68(53)115-78-69(67(100)66(99)55(30-83)113-78)114-57-29-79(4,70(101)33(3)110-57)86-31-34-6-8-35(9-7-34)36-10-15-41(80)16-11-36)112-52-19-14-39(23-46(52)82)65(98)63-76(107)90-61(77(108)109)44-26-42(93)27-50(95)58(44)43-21-37(12-17-49(43)94)59(73(104)92-63)89-74(105)60(40)88-72(103)48(28-56(84)96)87-75(62)106/h6-19,21-27,32-33,47-48,55,57,59-67,69-70,78,85-86,93-95,97-101H,20,28-31,83H2,1-5H3,(H2,84,96)(H,87,106)(H,88,103)(H,89,105)(H,90,107)(H,91,102)(H,92,104)(H,108,109)/t33-,47+,48-,55+,57-,59+,60+,61-,62+,63-,64+,65+,66+,67-,69+,70+,78-,79-/m0/s1. The number of hydrogen-bond donors (Lipinski definition) is 19. The minimum absolute atomic E-state index is 0.101. The second kappa shape index (κ2) is 34.9. The third kappa shape index (κ3) is 18.3. The zero-order valence-electron chi connectivity index (χ0n) is 62.1. The zero-order valence-corrected chi connectivity index (χ0v) is 64.3. The van der Waals surface area contributed by atoms with Gasteiger partial charge in [0, 0.05) is 52.8 Å². The highest BCUT2D eigenvalue weighted by Crippen LogP contribution is 2.50. The number of fused-ring (bicyclic) bond motifs is 15. The summed E-state index contributed by atoms with van der Waals surface area (Å²) in [7, 11) is 1.48. The smallest absolute Gasteiger partial charge is 0.330 e. The highest BCUT2D eigenvalue weighted by Gasteiger charge is 2.52. The summed E-state index contributed by atoms with van der Waals surface area (Å²) in [5, 5.41) is 127. The molecule has 7 heterocycles. The molecule has 7 aromatic carbocycles. The van der Waals surface area contributed by atoms with E-state index in [1.165, 1.54) is 19.2 Å². The number of phenols is 3. The fourth-order valence-corrected chi connectivity index (χ4v) is 15.0. The third-order valence-electron chi connectivity index (χ3n) is 20.6. The Balaban J connectivity index is 1.04. The molecule has 0 saturated carbocycles. The van der Waals surface area contributed by atoms with Crippen molar-refractivity contribution in [1.82, 2.24) is 42.5 Å². The van der Waals surface area contributed by atoms with E-state index in [4.69, 9.17) is 74.7 Å². The molecular weight excluding hydrogens is 1560 g/mol. The number of likely N-dealkylation sites (N-methyl/N-ethyl adjacent to an activating group) is 1. The molecule has 2 saturated heterocycles. The number of aliphatic carboxylic acids is 1. The molecule has 115 heavy (non-hydrogen) atoms. The quantitative estimate of drug-likeness (QED) is 0.0606. The molecule has 0 radical (unpaired) electrons. The molecule has 7 aromatic rings. The van der Waals surface area contributed by atoms with Crippen molar-refractivity contribution in [2.75, 3.05) is 13.6 Å². The van der Waals surface area contributed by atoms with Crippen molar-refractivity contribution in [1.29, 1.82) is 0 Å². The number of carboxylic acid groups (broad SMARTS) is 1. The molecule has 14 rings (SSSR count). The molecular formula is C79H85Cl3N10O23. The van der Waals surface area contributed by atoms with Crippen molar-refractivity contribution < 1.29 is 113 Å². The van der Waals surface area contributed by atoms with E-state index in [1.54, 1.807) is 26.0 Å². The van der Waals surface area contributed by atoms with Crippen LogP contribution >= 0.6 is 34.8 Å². The van der Waals surface area contributed by atoms with Gasteiger partial charge in [0.2, 0.25) is 53.4 Å². The predicted octanol–water partition coefficient (Wildman–Crippen LogP) is 4.22. The minimum atomic E-state index is -2.35. The Morgan fingerprint density at radius 1 is 0.661 bits per heavy atom. The van der Waals surface area contributed by atoms with Crippen LogP contribution in [0.3, 0.4) is 0 Å². The molecule has 7 aliphatic heterocycles. The van der Waals surface area contributed by atoms with Crippen molar-refractivity contribution in [2.45, 2.75) is 163 Å². The average molecular weight is 1650 g/mol. The molecule has 33 nitrogen and oxygen atoms in total. The Bertz CT molecular complexity index is 4900. The van der Waals surface area contributed by atoms with Gasteiger partial charge in [-0.25, -0.2) is 4.79 Å². The van der Waals surface area contributed by atoms with Gasteiger partial charge < -0.3 is 128 Å². The van der Waals surface area contributed by atoms with Crippen LogP contribution in [0.2, 0.25) is 15.1 Å². The summed E-state index contributed by atoms with van der Waals surface area (Å²) in [5.41, 5.74) is 10.7. The molecule has 36 heteroatoms. The van der Waals surface area contributed by atoms with Gasteiger partial charge in [0.05, 0.1) is 34.7 Å². The maximum absolute atomic E-state index is 16.2. The molecule has 0 aliphatic carbocycles. The summed E-state index contributed by atoms with van der Waals surface area (Å²) in [5.74, 6) is -15.8. The Morgan fingerprint density at radius 3 is 1.86 bits per heavy atom. The normalized spacial score (nSPS) is 27.2. The molecule has 7 aliphatic rings. The zero-order chi connectivity index (χ0) is 82.9. The first kappa shape index (κ1) is 83.9. The molecule has 0 spiro atoms. The van der Waals surface area contributed by atoms with E-state index in [1.807, 2.05) is 50.2 Å². The van der Waals surface area contributed by atoms with Crippen LogP contribution in [0, 0.1) is 5.92 Å². The Kier molecular flexibility index (Phi) is 25.5. The first-order chi connectivity index (χ1) is 54.6. The van der Waals surface area contributed by atoms with Crippen LogP contribution in [0.1, 0.15) is 111 Å². The number of ether oxygens (including phenoxy) is 6. The maximum Gasteiger partial charge on any atom is 0.330 e. The van der Waals surface area contributed by atoms with E-state index in [0.29, 0.717) is 5.02 Å². The number of primary amides is 1. The molecule has 2 fully saturated rings. The SMILES string of the molecule is CN[C@H](CC(C)C)C(=O)N[C@H]1C(=O)N[C@@H](CC(N)=O)C(=O)N[C@H]2C(=O)N[C@H]3C(=O)N[C@H](C(=O)N[C@H](C(=O)O)c4cc(O)cc(O)c4-c4cc3ccc4O)[C@H](O)c3ccc(c(Cl)c3)Oc3cc2cc(c3O[C@@H]2O[C@H](CN)[C@@H](O)[C@H](O)[C@H]2O[C@H]2C[C@](C)(NCc3ccc(-c4ccc(Cl)cc4)cc3)[C@H](O)[C@H](C)O2)Oc2ccc(cc2Cl)[C@H]1O. The van der Waals surface area contributed by atoms with Gasteiger partial charge in [-0.15, -0.1) is 0 Å². The van der Waals surface area contributed by atoms with Gasteiger partial charge in [-0.1, -0.05) is 103 Å². The molecule has 11 bridgehead atoms. The number of nitrogens with one attached hydrogen (secondary N) is 8. The molecule has 0 aromatic heterocycles. The first-order valence-corrected chi connectivity index (χ1v) is 37.6. The Morgan fingerprint density at radius 2 is 1.26 bits per heavy atom. The van der Waals surface area contributed by atoms with Gasteiger partial charge in [-0.3, -0.25) is 33.6 Å². The van der Waals surface area contributed by atoms with E-state index >= 15 is 14.4 Å². The molecule has 610 valence electrons. The van der Waals surface area contributed by atoms with E-state index in [9.17, 15) is 69.9 Å². The number of rotatable bonds is 17. The number of aliphatic hydroxyl groups is 5. The largest absolute Gasteiger partial charge is 0.508 e. The second-order valence-electron chi connectivity index (χ2n) is 29.2. The lowest BCUT2D eigenvalue weighted by Gasteiger charge is -2.48. The monoisotopic (exact) mass is 1650 g/mol. The number of carbonyl (C=O) groups excluding carboxylic acids is 7. The Hall–Kier alpha value is -10.5. The summed E-state index contributed by atoms with van der Waals surface area (Å²) in [4.78, 5) is 118. The van der Waals surface area contributed by atoms with Crippen molar-refractivity contribution >= 4 is 82.1 Å². The van der Waals surface area contributed by atoms with Crippen LogP contribution in [-0.4, -0.2) is 186 Å². The van der Waals surface area contributed by atoms with Crippen molar-refractivity contribution in [3.05, 3.63) is 176 Å². The first-order valence-electron chi connectivity index (χ1n) is 36.5. The van der Waals surface area contributed by atoms with Crippen molar-refractivity contribution in [3.63, 3.8) is 0 Å². The van der Waals surface area contributed by atoms with E-state index in [0.717, 1.165) is 83.4 Å². The minimum Gasteiger partial charge on any atom is -0.508 e. The fraction of sp³-hybridized carbons (Fsp3) is 0.367.